The maximum absolute atomic E-state index is 15.6. The fourth-order valence-electron chi connectivity index (χ4n) is 5.36. The van der Waals surface area contributed by atoms with Crippen LogP contribution in [-0.4, -0.2) is 106 Å². The molecule has 6 heterocycles. The van der Waals surface area contributed by atoms with Crippen molar-refractivity contribution in [2.24, 2.45) is 0 Å². The standard InChI is InChI=1S/C15H16ClFN4O5.C11H14FN5O3.ClH/c1-7(22)24-4-9-11(25-8(2)23)15(3,17)14(26-9)21-6-20-10-12(16)18-5-19-13(10)21;1-11(12)7(19)5(2-18)20-10(11)17-4-16-6-8(13)14-3-15-9(6)17;/h5-6,9,11,14H,4H2,1-3H3;3-5,7,10,18-19H,2H2,1H3,(H2,13,14,15);1H/t9-,11?,14-,15-;5-,7?,10-,11-;/m11./s1. The van der Waals surface area contributed by atoms with Crippen LogP contribution in [0.1, 0.15) is 40.2 Å². The minimum Gasteiger partial charge on any atom is -1.00 e. The molecular weight excluding hydrogens is 675 g/mol. The Bertz CT molecular complexity index is 1760. The van der Waals surface area contributed by atoms with Crippen LogP contribution in [0.15, 0.2) is 25.3 Å². The average molecular weight is 706 g/mol. The second-order valence-electron chi connectivity index (χ2n) is 10.9. The van der Waals surface area contributed by atoms with Gasteiger partial charge in [0.1, 0.15) is 36.8 Å². The maximum atomic E-state index is 15.6. The number of aromatic amines is 1. The molecule has 6 rings (SSSR count). The van der Waals surface area contributed by atoms with Crippen molar-refractivity contribution in [1.29, 1.82) is 0 Å². The highest BCUT2D eigenvalue weighted by molar-refractivity contribution is 6.33. The molecule has 2 saturated heterocycles. The van der Waals surface area contributed by atoms with Crippen LogP contribution < -0.4 is 22.7 Å². The zero-order valence-electron chi connectivity index (χ0n) is 25.3. The van der Waals surface area contributed by atoms with Gasteiger partial charge in [0, 0.05) is 13.8 Å². The number of H-pyrrole nitrogens is 1. The Hall–Kier alpha value is -3.88. The molecule has 21 heteroatoms. The molecule has 2 aliphatic heterocycles. The third-order valence-electron chi connectivity index (χ3n) is 7.59. The van der Waals surface area contributed by atoms with Gasteiger partial charge in [-0.3, -0.25) is 19.1 Å². The number of esters is 2. The molecule has 0 spiro atoms. The monoisotopic (exact) mass is 705 g/mol. The van der Waals surface area contributed by atoms with Crippen molar-refractivity contribution in [3.8, 4) is 0 Å². The Morgan fingerprint density at radius 1 is 1.11 bits per heavy atom. The molecule has 4 aromatic heterocycles. The molecular formula is C26H31Cl2F2N9O8. The van der Waals surface area contributed by atoms with E-state index in [4.69, 9.17) is 41.4 Å². The molecule has 2 unspecified atom stereocenters. The molecule has 2 aliphatic rings. The molecule has 0 aliphatic carbocycles. The summed E-state index contributed by atoms with van der Waals surface area (Å²) >= 11 is 5.97. The first-order valence-corrected chi connectivity index (χ1v) is 14.2. The second kappa shape index (κ2) is 13.7. The van der Waals surface area contributed by atoms with Gasteiger partial charge in [-0.05, 0) is 13.8 Å². The summed E-state index contributed by atoms with van der Waals surface area (Å²) in [5, 5.41) is 19.1. The third-order valence-corrected chi connectivity index (χ3v) is 7.87. The lowest BCUT2D eigenvalue weighted by molar-refractivity contribution is -0.749. The number of aliphatic hydroxyl groups is 2. The fraction of sp³-hybridized carbons (Fsp3) is 0.538. The van der Waals surface area contributed by atoms with E-state index in [2.05, 4.69) is 29.9 Å². The number of nitrogens with one attached hydrogen (secondary N) is 1. The Kier molecular flexibility index (Phi) is 10.5. The summed E-state index contributed by atoms with van der Waals surface area (Å²) in [5.74, 6) is -1.02. The lowest BCUT2D eigenvalue weighted by atomic mass is 9.98. The van der Waals surface area contributed by atoms with E-state index in [9.17, 15) is 19.1 Å². The first-order chi connectivity index (χ1) is 21.7. The van der Waals surface area contributed by atoms with E-state index in [1.54, 1.807) is 0 Å². The van der Waals surface area contributed by atoms with Crippen molar-refractivity contribution in [2.45, 2.75) is 75.9 Å². The van der Waals surface area contributed by atoms with Gasteiger partial charge in [-0.1, -0.05) is 16.6 Å². The Labute approximate surface area is 275 Å². The summed E-state index contributed by atoms with van der Waals surface area (Å²) in [4.78, 5) is 45.2. The molecule has 5 N–H and O–H groups in total. The predicted octanol–water partition coefficient (Wildman–Crippen LogP) is -2.59. The summed E-state index contributed by atoms with van der Waals surface area (Å²) < 4.78 is 54.2. The number of hydrogen-bond acceptors (Lipinski definition) is 14. The summed E-state index contributed by atoms with van der Waals surface area (Å²) in [6.07, 6.45) is -1.85. The molecule has 0 bridgehead atoms. The first-order valence-electron chi connectivity index (χ1n) is 13.8. The molecule has 8 atom stereocenters. The van der Waals surface area contributed by atoms with Crippen LogP contribution in [0, 0.1) is 0 Å². The van der Waals surface area contributed by atoms with Crippen LogP contribution >= 0.6 is 11.6 Å². The predicted molar refractivity (Wildman–Crippen MR) is 151 cm³/mol. The van der Waals surface area contributed by atoms with E-state index in [1.165, 1.54) is 55.2 Å². The molecule has 0 aromatic carbocycles. The van der Waals surface area contributed by atoms with Crippen LogP contribution in [-0.2, 0) is 28.5 Å². The lowest BCUT2D eigenvalue weighted by Crippen LogP contribution is -3.00. The van der Waals surface area contributed by atoms with Crippen LogP contribution in [0.25, 0.3) is 22.3 Å². The number of nitrogens with two attached hydrogens (primary N) is 1. The zero-order valence-corrected chi connectivity index (χ0v) is 26.8. The van der Waals surface area contributed by atoms with Gasteiger partial charge in [-0.25, -0.2) is 28.3 Å². The van der Waals surface area contributed by atoms with E-state index in [0.29, 0.717) is 11.2 Å². The molecule has 2 fully saturated rings. The van der Waals surface area contributed by atoms with Gasteiger partial charge in [0.25, 0.3) is 0 Å². The van der Waals surface area contributed by atoms with Crippen LogP contribution in [0.3, 0.4) is 0 Å². The smallest absolute Gasteiger partial charge is 0.309 e. The molecule has 256 valence electrons. The maximum Gasteiger partial charge on any atom is 0.309 e. The number of rotatable bonds is 6. The zero-order chi connectivity index (χ0) is 33.6. The van der Waals surface area contributed by atoms with Crippen molar-refractivity contribution >= 4 is 51.7 Å². The number of aliphatic hydroxyl groups excluding tert-OH is 2. The Morgan fingerprint density at radius 3 is 2.45 bits per heavy atom. The number of halogens is 4. The lowest BCUT2D eigenvalue weighted by Gasteiger charge is -2.27. The largest absolute Gasteiger partial charge is 1.00 e. The number of nitrogen functional groups attached to an aromatic ring is 1. The van der Waals surface area contributed by atoms with Gasteiger partial charge in [0.05, 0.1) is 12.9 Å². The molecule has 0 saturated carbocycles. The van der Waals surface area contributed by atoms with E-state index >= 15 is 4.39 Å². The number of carbonyl (C=O) groups is 2. The van der Waals surface area contributed by atoms with Crippen molar-refractivity contribution in [2.75, 3.05) is 18.9 Å². The fourth-order valence-corrected chi connectivity index (χ4v) is 5.54. The van der Waals surface area contributed by atoms with Gasteiger partial charge in [0.15, 0.2) is 52.9 Å². The number of alkyl halides is 2. The van der Waals surface area contributed by atoms with Gasteiger partial charge in [-0.2, -0.15) is 4.98 Å². The minimum absolute atomic E-state index is 0. The van der Waals surface area contributed by atoms with E-state index in [1.807, 2.05) is 0 Å². The third kappa shape index (κ3) is 6.63. The normalized spacial score (nSPS) is 30.1. The quantitative estimate of drug-likeness (QED) is 0.0918. The number of carbonyl (C=O) groups excluding carboxylic acids is 2. The van der Waals surface area contributed by atoms with E-state index in [0.717, 1.165) is 6.92 Å². The average Bonchev–Trinajstić information content (AvgIpc) is 3.72. The van der Waals surface area contributed by atoms with Crippen LogP contribution in [0.5, 0.6) is 0 Å². The number of nitrogens with zero attached hydrogens (tertiary/aromatic N) is 7. The highest BCUT2D eigenvalue weighted by Crippen LogP contribution is 2.44. The van der Waals surface area contributed by atoms with Gasteiger partial charge < -0.3 is 47.3 Å². The molecule has 0 amide bonds. The highest BCUT2D eigenvalue weighted by atomic mass is 35.5. The number of anilines is 1. The number of ether oxygens (including phenoxy) is 4. The van der Waals surface area contributed by atoms with E-state index in [-0.39, 0.29) is 41.1 Å². The van der Waals surface area contributed by atoms with Crippen molar-refractivity contribution in [3.05, 3.63) is 30.5 Å². The summed E-state index contributed by atoms with van der Waals surface area (Å²) in [7, 11) is 0. The minimum atomic E-state index is -2.15. The van der Waals surface area contributed by atoms with Crippen LogP contribution in [0.4, 0.5) is 14.6 Å². The Balaban J connectivity index is 0.000000215. The summed E-state index contributed by atoms with van der Waals surface area (Å²) in [5.41, 5.74) is 2.82. The van der Waals surface area contributed by atoms with Crippen molar-refractivity contribution in [3.63, 3.8) is 0 Å². The van der Waals surface area contributed by atoms with Gasteiger partial charge >= 0.3 is 17.6 Å². The highest BCUT2D eigenvalue weighted by Gasteiger charge is 2.59. The molecule has 17 nitrogen and oxygen atoms in total. The van der Waals surface area contributed by atoms with E-state index < -0.39 is 66.8 Å². The van der Waals surface area contributed by atoms with Crippen LogP contribution in [0.2, 0.25) is 5.15 Å². The summed E-state index contributed by atoms with van der Waals surface area (Å²) in [6.45, 7) is 4.07. The van der Waals surface area contributed by atoms with Gasteiger partial charge in [0.2, 0.25) is 11.7 Å². The topological polar surface area (TPSA) is 227 Å². The van der Waals surface area contributed by atoms with Crippen molar-refractivity contribution < 1.29 is 64.5 Å². The molecule has 4 aromatic rings. The van der Waals surface area contributed by atoms with Crippen molar-refractivity contribution in [1.82, 2.24) is 34.5 Å². The van der Waals surface area contributed by atoms with Gasteiger partial charge in [-0.15, -0.1) is 0 Å². The number of hydrogen-bond donors (Lipinski definition) is 4. The molecule has 47 heavy (non-hydrogen) atoms. The summed E-state index contributed by atoms with van der Waals surface area (Å²) in [6, 6.07) is 0. The first kappa shape index (κ1) is 36.0. The SMILES string of the molecule is CC(=O)OC[C@H]1O[C@@H](n2cnc3c(Cl)ncnc32)[C@](C)(F)C1OC(C)=O.C[C@@]1(F)C(O)[C@@H](CO)O[C@H]1[n+]1c[nH]c2c(N)ncnc21.[Cl-]. The molecule has 0 radical (unpaired) electrons. The number of aromatic nitrogens is 8. The number of imidazole rings is 2. The second-order valence-corrected chi connectivity index (χ2v) is 11.3. The number of fused-ring (bicyclic) bond motifs is 2. The Morgan fingerprint density at radius 2 is 1.81 bits per heavy atom.